The molecular weight excluding hydrogens is 287 g/mol. The van der Waals surface area contributed by atoms with Crippen molar-refractivity contribution in [1.82, 2.24) is 4.98 Å². The lowest BCUT2D eigenvalue weighted by Crippen LogP contribution is -2.16. The van der Waals surface area contributed by atoms with Crippen molar-refractivity contribution in [3.8, 4) is 0 Å². The van der Waals surface area contributed by atoms with Gasteiger partial charge in [-0.25, -0.2) is 0 Å². The number of hydrogen-bond acceptors (Lipinski definition) is 1. The summed E-state index contributed by atoms with van der Waals surface area (Å²) >= 11 is 2.67. The van der Waals surface area contributed by atoms with Crippen LogP contribution in [-0.2, 0) is 6.18 Å². The second-order valence-corrected chi connectivity index (χ2v) is 3.98. The molecule has 0 aliphatic carbocycles. The van der Waals surface area contributed by atoms with Gasteiger partial charge in [-0.3, -0.25) is 4.79 Å². The van der Waals surface area contributed by atoms with Gasteiger partial charge in [0.15, 0.2) is 0 Å². The molecule has 0 spiro atoms. The largest absolute Gasteiger partial charge is 0.432 e. The van der Waals surface area contributed by atoms with E-state index < -0.39 is 21.8 Å². The van der Waals surface area contributed by atoms with Gasteiger partial charge in [0, 0.05) is 10.9 Å². The van der Waals surface area contributed by atoms with Crippen LogP contribution in [0.15, 0.2) is 33.5 Å². The quantitative estimate of drug-likeness (QED) is 0.794. The maximum atomic E-state index is 12.6. The van der Waals surface area contributed by atoms with Crippen molar-refractivity contribution >= 4 is 26.8 Å². The molecule has 0 bridgehead atoms. The molecule has 1 heterocycles. The normalized spacial score (nSPS) is 12.0. The van der Waals surface area contributed by atoms with E-state index in [4.69, 9.17) is 0 Å². The monoisotopic (exact) mass is 291 g/mol. The Morgan fingerprint density at radius 2 is 1.81 bits per heavy atom. The standard InChI is InChI=1S/C10H5BrF3NO/c11-7-8(16)5-3-1-2-4-6(5)15-9(7)10(12,13)14/h1-4H,(H,15,16). The molecule has 0 saturated carbocycles. The predicted molar refractivity (Wildman–Crippen MR) is 57.3 cm³/mol. The number of H-pyrrole nitrogens is 1. The van der Waals surface area contributed by atoms with Crippen LogP contribution in [0, 0.1) is 0 Å². The highest BCUT2D eigenvalue weighted by Crippen LogP contribution is 2.32. The minimum Gasteiger partial charge on any atom is -0.350 e. The molecule has 1 aromatic carbocycles. The minimum absolute atomic E-state index is 0.169. The lowest BCUT2D eigenvalue weighted by molar-refractivity contribution is -0.141. The zero-order chi connectivity index (χ0) is 11.9. The van der Waals surface area contributed by atoms with E-state index in [9.17, 15) is 18.0 Å². The van der Waals surface area contributed by atoms with E-state index in [1.165, 1.54) is 12.1 Å². The van der Waals surface area contributed by atoms with Crippen LogP contribution in [0.1, 0.15) is 5.69 Å². The molecule has 0 atom stereocenters. The van der Waals surface area contributed by atoms with Crippen LogP contribution in [0.25, 0.3) is 10.9 Å². The zero-order valence-corrected chi connectivity index (χ0v) is 9.32. The molecule has 2 rings (SSSR count). The number of pyridine rings is 1. The minimum atomic E-state index is -4.58. The second kappa shape index (κ2) is 3.62. The van der Waals surface area contributed by atoms with Crippen LogP contribution in [0.3, 0.4) is 0 Å². The van der Waals surface area contributed by atoms with Gasteiger partial charge in [0.05, 0.1) is 4.47 Å². The molecule has 0 fully saturated rings. The van der Waals surface area contributed by atoms with E-state index in [0.29, 0.717) is 0 Å². The molecule has 84 valence electrons. The summed E-state index contributed by atoms with van der Waals surface area (Å²) in [6, 6.07) is 6.06. The Labute approximate surface area is 96.2 Å². The number of alkyl halides is 3. The fraction of sp³-hybridized carbons (Fsp3) is 0.100. The van der Waals surface area contributed by atoms with Gasteiger partial charge in [0.2, 0.25) is 5.43 Å². The molecular formula is C10H5BrF3NO. The number of aromatic amines is 1. The van der Waals surface area contributed by atoms with Gasteiger partial charge in [-0.2, -0.15) is 13.2 Å². The number of para-hydroxylation sites is 1. The van der Waals surface area contributed by atoms with Crippen LogP contribution in [-0.4, -0.2) is 4.98 Å². The summed E-state index contributed by atoms with van der Waals surface area (Å²) in [6.45, 7) is 0. The number of aromatic nitrogens is 1. The Hall–Kier alpha value is -1.30. The molecule has 0 amide bonds. The van der Waals surface area contributed by atoms with Crippen molar-refractivity contribution < 1.29 is 13.2 Å². The first kappa shape index (κ1) is 11.2. The van der Waals surface area contributed by atoms with Gasteiger partial charge in [0.1, 0.15) is 5.69 Å². The Morgan fingerprint density at radius 1 is 1.19 bits per heavy atom. The topological polar surface area (TPSA) is 32.9 Å². The van der Waals surface area contributed by atoms with E-state index in [2.05, 4.69) is 20.9 Å². The molecule has 0 radical (unpaired) electrons. The number of hydrogen-bond donors (Lipinski definition) is 1. The first-order valence-corrected chi connectivity index (χ1v) is 5.08. The molecule has 0 saturated heterocycles. The molecule has 0 unspecified atom stereocenters. The highest BCUT2D eigenvalue weighted by Gasteiger charge is 2.35. The van der Waals surface area contributed by atoms with Crippen molar-refractivity contribution in [2.45, 2.75) is 6.18 Å². The first-order chi connectivity index (χ1) is 7.41. The summed E-state index contributed by atoms with van der Waals surface area (Å²) in [4.78, 5) is 13.8. The van der Waals surface area contributed by atoms with E-state index in [1.54, 1.807) is 12.1 Å². The number of rotatable bonds is 0. The van der Waals surface area contributed by atoms with Crippen LogP contribution >= 0.6 is 15.9 Å². The van der Waals surface area contributed by atoms with Crippen molar-refractivity contribution in [3.05, 3.63) is 44.7 Å². The predicted octanol–water partition coefficient (Wildman–Crippen LogP) is 3.31. The van der Waals surface area contributed by atoms with E-state index in [0.717, 1.165) is 0 Å². The smallest absolute Gasteiger partial charge is 0.350 e. The van der Waals surface area contributed by atoms with Crippen LogP contribution in [0.4, 0.5) is 13.2 Å². The highest BCUT2D eigenvalue weighted by atomic mass is 79.9. The molecule has 2 nitrogen and oxygen atoms in total. The Bertz CT molecular complexity index is 603. The summed E-state index contributed by atoms with van der Waals surface area (Å²) < 4.78 is 37.2. The highest BCUT2D eigenvalue weighted by molar-refractivity contribution is 9.10. The van der Waals surface area contributed by atoms with E-state index >= 15 is 0 Å². The molecule has 0 aliphatic heterocycles. The first-order valence-electron chi connectivity index (χ1n) is 4.29. The Kier molecular flexibility index (Phi) is 2.53. The molecule has 6 heteroatoms. The third kappa shape index (κ3) is 1.73. The summed E-state index contributed by atoms with van der Waals surface area (Å²) in [5.41, 5.74) is -1.55. The fourth-order valence-electron chi connectivity index (χ4n) is 1.41. The van der Waals surface area contributed by atoms with Crippen molar-refractivity contribution in [1.29, 1.82) is 0 Å². The van der Waals surface area contributed by atoms with Crippen molar-refractivity contribution in [2.75, 3.05) is 0 Å². The number of halogens is 4. The van der Waals surface area contributed by atoms with Gasteiger partial charge in [0.25, 0.3) is 0 Å². The Balaban J connectivity index is 2.90. The van der Waals surface area contributed by atoms with Crippen molar-refractivity contribution in [2.24, 2.45) is 0 Å². The number of fused-ring (bicyclic) bond motifs is 1. The Morgan fingerprint density at radius 3 is 2.44 bits per heavy atom. The lowest BCUT2D eigenvalue weighted by atomic mass is 10.2. The number of benzene rings is 1. The average Bonchev–Trinajstić information content (AvgIpc) is 2.22. The molecule has 2 aromatic rings. The van der Waals surface area contributed by atoms with Crippen molar-refractivity contribution in [3.63, 3.8) is 0 Å². The van der Waals surface area contributed by atoms with Gasteiger partial charge < -0.3 is 4.98 Å². The van der Waals surface area contributed by atoms with E-state index in [-0.39, 0.29) is 10.9 Å². The lowest BCUT2D eigenvalue weighted by Gasteiger charge is -2.10. The second-order valence-electron chi connectivity index (χ2n) is 3.19. The molecule has 16 heavy (non-hydrogen) atoms. The van der Waals surface area contributed by atoms with Gasteiger partial charge in [-0.05, 0) is 28.1 Å². The number of nitrogens with one attached hydrogen (secondary N) is 1. The van der Waals surface area contributed by atoms with Crippen LogP contribution in [0.2, 0.25) is 0 Å². The van der Waals surface area contributed by atoms with E-state index in [1.807, 2.05) is 0 Å². The van der Waals surface area contributed by atoms with Gasteiger partial charge in [-0.15, -0.1) is 0 Å². The molecule has 0 aliphatic rings. The van der Waals surface area contributed by atoms with Gasteiger partial charge in [-0.1, -0.05) is 12.1 Å². The fourth-order valence-corrected chi connectivity index (χ4v) is 1.94. The summed E-state index contributed by atoms with van der Waals surface area (Å²) in [6.07, 6.45) is -4.58. The van der Waals surface area contributed by atoms with Crippen LogP contribution < -0.4 is 5.43 Å². The molecule has 1 N–H and O–H groups in total. The maximum absolute atomic E-state index is 12.6. The average molecular weight is 292 g/mol. The summed E-state index contributed by atoms with van der Waals surface area (Å²) in [7, 11) is 0. The van der Waals surface area contributed by atoms with Crippen LogP contribution in [0.5, 0.6) is 0 Å². The summed E-state index contributed by atoms with van der Waals surface area (Å²) in [5.74, 6) is 0. The SMILES string of the molecule is O=c1c(Br)c(C(F)(F)F)[nH]c2ccccc12. The maximum Gasteiger partial charge on any atom is 0.432 e. The summed E-state index contributed by atoms with van der Waals surface area (Å²) in [5, 5.41) is 0.224. The third-order valence-electron chi connectivity index (χ3n) is 2.13. The van der Waals surface area contributed by atoms with Gasteiger partial charge >= 0.3 is 6.18 Å². The zero-order valence-electron chi connectivity index (χ0n) is 7.73. The third-order valence-corrected chi connectivity index (χ3v) is 2.89. The molecule has 1 aromatic heterocycles.